The average Bonchev–Trinajstić information content (AvgIpc) is 2.61. The third-order valence-electron chi connectivity index (χ3n) is 4.31. The van der Waals surface area contributed by atoms with E-state index >= 15 is 0 Å². The molecular weight excluding hydrogens is 404 g/mol. The summed E-state index contributed by atoms with van der Waals surface area (Å²) in [5.41, 5.74) is 3.91. The van der Waals surface area contributed by atoms with Gasteiger partial charge in [-0.3, -0.25) is 10.6 Å². The molecule has 0 spiro atoms. The Morgan fingerprint density at radius 1 is 0.688 bits per heavy atom. The molecule has 0 atom stereocenters. The highest BCUT2D eigenvalue weighted by molar-refractivity contribution is 5.96. The number of nitrogens with one attached hydrogen (secondary N) is 2. The fraction of sp³-hybridized carbons (Fsp3) is 0.385. The van der Waals surface area contributed by atoms with Crippen LogP contribution in [-0.2, 0) is 9.47 Å². The number of benzene rings is 2. The zero-order valence-corrected chi connectivity index (χ0v) is 20.3. The second-order valence-corrected chi connectivity index (χ2v) is 9.74. The second-order valence-electron chi connectivity index (χ2n) is 9.74. The number of hydrogen-bond acceptors (Lipinski definition) is 4. The number of carbonyl (C=O) groups is 2. The van der Waals surface area contributed by atoms with Crippen molar-refractivity contribution in [1.29, 1.82) is 0 Å². The lowest BCUT2D eigenvalue weighted by molar-refractivity contribution is 0.0621. The summed E-state index contributed by atoms with van der Waals surface area (Å²) >= 11 is 0. The second kappa shape index (κ2) is 9.90. The van der Waals surface area contributed by atoms with E-state index in [9.17, 15) is 9.59 Å². The van der Waals surface area contributed by atoms with Gasteiger partial charge in [-0.1, -0.05) is 36.4 Å². The van der Waals surface area contributed by atoms with Crippen molar-refractivity contribution >= 4 is 35.7 Å². The monoisotopic (exact) mass is 438 g/mol. The van der Waals surface area contributed by atoms with Crippen molar-refractivity contribution in [2.45, 2.75) is 66.6 Å². The van der Waals surface area contributed by atoms with E-state index in [2.05, 4.69) is 42.7 Å². The maximum atomic E-state index is 12.4. The Kier molecular flexibility index (Phi) is 7.73. The zero-order valence-electron chi connectivity index (χ0n) is 20.3. The molecule has 0 aliphatic rings. The number of amides is 2. The van der Waals surface area contributed by atoms with Crippen LogP contribution >= 0.6 is 0 Å². The minimum Gasteiger partial charge on any atom is -0.444 e. The number of anilines is 2. The lowest BCUT2D eigenvalue weighted by Gasteiger charge is -2.22. The van der Waals surface area contributed by atoms with Gasteiger partial charge in [-0.05, 0) is 89.8 Å². The fourth-order valence-electron chi connectivity index (χ4n) is 2.77. The normalized spacial score (nSPS) is 11.9. The van der Waals surface area contributed by atoms with Crippen molar-refractivity contribution in [2.24, 2.45) is 0 Å². The molecule has 6 nitrogen and oxygen atoms in total. The van der Waals surface area contributed by atoms with Crippen LogP contribution < -0.4 is 10.6 Å². The SMILES string of the molecule is Cc1ccc(/C=C/c2ccc(NC(=O)OC(C)(C)C)c(NC(=O)OC(C)(C)C)c2)cc1C. The molecule has 0 saturated heterocycles. The topological polar surface area (TPSA) is 76.7 Å². The van der Waals surface area contributed by atoms with Crippen LogP contribution in [0.1, 0.15) is 63.8 Å². The van der Waals surface area contributed by atoms with Gasteiger partial charge in [-0.2, -0.15) is 0 Å². The quantitative estimate of drug-likeness (QED) is 0.496. The molecule has 6 heteroatoms. The van der Waals surface area contributed by atoms with Gasteiger partial charge in [0.15, 0.2) is 0 Å². The fourth-order valence-corrected chi connectivity index (χ4v) is 2.77. The van der Waals surface area contributed by atoms with E-state index in [1.807, 2.05) is 18.2 Å². The van der Waals surface area contributed by atoms with Gasteiger partial charge in [0, 0.05) is 0 Å². The minimum absolute atomic E-state index is 0.410. The van der Waals surface area contributed by atoms with Crippen LogP contribution in [-0.4, -0.2) is 23.4 Å². The van der Waals surface area contributed by atoms with Crippen LogP contribution in [0.5, 0.6) is 0 Å². The summed E-state index contributed by atoms with van der Waals surface area (Å²) in [6, 6.07) is 11.6. The maximum Gasteiger partial charge on any atom is 0.412 e. The van der Waals surface area contributed by atoms with Gasteiger partial charge in [-0.15, -0.1) is 0 Å². The number of hydrogen-bond donors (Lipinski definition) is 2. The summed E-state index contributed by atoms with van der Waals surface area (Å²) in [6.07, 6.45) is 2.73. The maximum absolute atomic E-state index is 12.4. The molecule has 172 valence electrons. The Hall–Kier alpha value is -3.28. The van der Waals surface area contributed by atoms with Crippen LogP contribution in [0.3, 0.4) is 0 Å². The molecule has 0 aliphatic carbocycles. The number of aryl methyl sites for hydroxylation is 2. The van der Waals surface area contributed by atoms with Crippen molar-refractivity contribution in [3.8, 4) is 0 Å². The van der Waals surface area contributed by atoms with Crippen LogP contribution in [0.15, 0.2) is 36.4 Å². The molecule has 0 fully saturated rings. The highest BCUT2D eigenvalue weighted by Gasteiger charge is 2.20. The lowest BCUT2D eigenvalue weighted by atomic mass is 10.0. The highest BCUT2D eigenvalue weighted by Crippen LogP contribution is 2.26. The van der Waals surface area contributed by atoms with E-state index in [0.29, 0.717) is 11.4 Å². The molecule has 32 heavy (non-hydrogen) atoms. The Bertz CT molecular complexity index is 1010. The molecule has 2 amide bonds. The first-order chi connectivity index (χ1) is 14.7. The summed E-state index contributed by atoms with van der Waals surface area (Å²) < 4.78 is 10.7. The third-order valence-corrected chi connectivity index (χ3v) is 4.31. The molecule has 2 aromatic rings. The van der Waals surface area contributed by atoms with Gasteiger partial charge in [0.1, 0.15) is 11.2 Å². The first kappa shape index (κ1) is 25.0. The average molecular weight is 439 g/mol. The van der Waals surface area contributed by atoms with Crippen LogP contribution in [0.25, 0.3) is 12.2 Å². The minimum atomic E-state index is -0.649. The van der Waals surface area contributed by atoms with Crippen LogP contribution in [0.4, 0.5) is 21.0 Å². The van der Waals surface area contributed by atoms with E-state index in [0.717, 1.165) is 11.1 Å². The third kappa shape index (κ3) is 8.46. The van der Waals surface area contributed by atoms with Crippen molar-refractivity contribution in [2.75, 3.05) is 10.6 Å². The highest BCUT2D eigenvalue weighted by atomic mass is 16.6. The van der Waals surface area contributed by atoms with Crippen molar-refractivity contribution in [1.82, 2.24) is 0 Å². The molecule has 0 radical (unpaired) electrons. The predicted octanol–water partition coefficient (Wildman–Crippen LogP) is 7.17. The first-order valence-corrected chi connectivity index (χ1v) is 10.6. The molecule has 0 heterocycles. The van der Waals surface area contributed by atoms with E-state index in [1.165, 1.54) is 11.1 Å². The zero-order chi connectivity index (χ0) is 24.1. The molecule has 2 aromatic carbocycles. The lowest BCUT2D eigenvalue weighted by Crippen LogP contribution is -2.29. The molecule has 0 aromatic heterocycles. The van der Waals surface area contributed by atoms with Gasteiger partial charge in [0.05, 0.1) is 11.4 Å². The summed E-state index contributed by atoms with van der Waals surface area (Å²) in [4.78, 5) is 24.6. The van der Waals surface area contributed by atoms with Gasteiger partial charge in [0.25, 0.3) is 0 Å². The van der Waals surface area contributed by atoms with E-state index in [4.69, 9.17) is 9.47 Å². The molecule has 2 rings (SSSR count). The largest absolute Gasteiger partial charge is 0.444 e. The number of carbonyl (C=O) groups excluding carboxylic acids is 2. The Morgan fingerprint density at radius 3 is 1.66 bits per heavy atom. The first-order valence-electron chi connectivity index (χ1n) is 10.6. The number of rotatable bonds is 4. The molecule has 0 saturated carbocycles. The Morgan fingerprint density at radius 2 is 1.16 bits per heavy atom. The summed E-state index contributed by atoms with van der Waals surface area (Å²) in [6.45, 7) is 14.9. The van der Waals surface area contributed by atoms with E-state index < -0.39 is 23.4 Å². The van der Waals surface area contributed by atoms with E-state index in [1.54, 1.807) is 53.7 Å². The van der Waals surface area contributed by atoms with Gasteiger partial charge in [-0.25, -0.2) is 9.59 Å². The summed E-state index contributed by atoms with van der Waals surface area (Å²) in [5.74, 6) is 0. The van der Waals surface area contributed by atoms with Crippen molar-refractivity contribution in [3.63, 3.8) is 0 Å². The Labute approximate surface area is 191 Å². The molecule has 2 N–H and O–H groups in total. The van der Waals surface area contributed by atoms with Crippen LogP contribution in [0, 0.1) is 13.8 Å². The molecule has 0 unspecified atom stereocenters. The van der Waals surface area contributed by atoms with E-state index in [-0.39, 0.29) is 0 Å². The predicted molar refractivity (Wildman–Crippen MR) is 131 cm³/mol. The summed E-state index contributed by atoms with van der Waals surface area (Å²) in [7, 11) is 0. The van der Waals surface area contributed by atoms with Gasteiger partial charge < -0.3 is 9.47 Å². The van der Waals surface area contributed by atoms with Gasteiger partial charge >= 0.3 is 12.2 Å². The van der Waals surface area contributed by atoms with Crippen molar-refractivity contribution < 1.29 is 19.1 Å². The molecule has 0 bridgehead atoms. The standard InChI is InChI=1S/C26H34N2O4/c1-17-9-10-19(15-18(17)2)11-12-20-13-14-21(27-23(29)31-25(3,4)5)22(16-20)28-24(30)32-26(6,7)8/h9-16H,1-8H3,(H,27,29)(H,28,30)/b12-11+. The molecule has 0 aliphatic heterocycles. The smallest absolute Gasteiger partial charge is 0.412 e. The summed E-state index contributed by atoms with van der Waals surface area (Å²) in [5, 5.41) is 5.42. The number of ether oxygens (including phenoxy) is 2. The van der Waals surface area contributed by atoms with Crippen molar-refractivity contribution in [3.05, 3.63) is 58.7 Å². The van der Waals surface area contributed by atoms with Crippen LogP contribution in [0.2, 0.25) is 0 Å². The Balaban J connectivity index is 2.30. The molecular formula is C26H34N2O4. The van der Waals surface area contributed by atoms with Gasteiger partial charge in [0.2, 0.25) is 0 Å².